The van der Waals surface area contributed by atoms with Crippen LogP contribution in [0.3, 0.4) is 0 Å². The van der Waals surface area contributed by atoms with E-state index in [0.29, 0.717) is 13.1 Å². The predicted octanol–water partition coefficient (Wildman–Crippen LogP) is 2.06. The second-order valence-electron chi connectivity index (χ2n) is 5.35. The van der Waals surface area contributed by atoms with E-state index in [1.54, 1.807) is 0 Å². The highest BCUT2D eigenvalue weighted by atomic mass is 16.6. The van der Waals surface area contributed by atoms with Crippen molar-refractivity contribution in [3.8, 4) is 0 Å². The molecular formula is C17H19N3O2. The largest absolute Gasteiger partial charge is 0.443 e. The third kappa shape index (κ3) is 3.10. The number of hydrogen-bond donors (Lipinski definition) is 2. The summed E-state index contributed by atoms with van der Waals surface area (Å²) in [6.45, 7) is 1.39. The Labute approximate surface area is 129 Å². The molecule has 1 aliphatic rings. The van der Waals surface area contributed by atoms with Gasteiger partial charge in [0, 0.05) is 13.1 Å². The van der Waals surface area contributed by atoms with Gasteiger partial charge in [0.15, 0.2) is 0 Å². The van der Waals surface area contributed by atoms with Crippen LogP contribution < -0.4 is 11.3 Å². The maximum atomic E-state index is 11.2. The number of carbonyl (C=O) groups is 1. The molecule has 1 aliphatic heterocycles. The highest BCUT2D eigenvalue weighted by molar-refractivity contribution is 5.66. The van der Waals surface area contributed by atoms with E-state index in [-0.39, 0.29) is 12.1 Å². The number of nitrogens with two attached hydrogens (primary N) is 1. The normalized spacial score (nSPS) is 15.4. The average Bonchev–Trinajstić information content (AvgIpc) is 2.54. The van der Waals surface area contributed by atoms with Crippen molar-refractivity contribution in [2.24, 2.45) is 5.84 Å². The van der Waals surface area contributed by atoms with Crippen molar-refractivity contribution in [3.05, 3.63) is 71.8 Å². The molecule has 0 saturated carbocycles. The number of amides is 1. The molecule has 0 aromatic heterocycles. The van der Waals surface area contributed by atoms with Crippen molar-refractivity contribution < 1.29 is 9.53 Å². The van der Waals surface area contributed by atoms with Crippen LogP contribution in [0.2, 0.25) is 0 Å². The molecule has 1 saturated heterocycles. The van der Waals surface area contributed by atoms with E-state index in [1.165, 1.54) is 11.1 Å². The van der Waals surface area contributed by atoms with E-state index >= 15 is 0 Å². The number of ether oxygens (including phenoxy) is 1. The van der Waals surface area contributed by atoms with Gasteiger partial charge in [-0.15, -0.1) is 0 Å². The molecular weight excluding hydrogens is 278 g/mol. The van der Waals surface area contributed by atoms with E-state index in [1.807, 2.05) is 41.8 Å². The van der Waals surface area contributed by atoms with Crippen LogP contribution in [0.4, 0.5) is 4.79 Å². The van der Waals surface area contributed by atoms with Crippen molar-refractivity contribution in [3.63, 3.8) is 0 Å². The predicted molar refractivity (Wildman–Crippen MR) is 83.9 cm³/mol. The fourth-order valence-corrected chi connectivity index (χ4v) is 2.83. The summed E-state index contributed by atoms with van der Waals surface area (Å²) in [5.74, 6) is 5.04. The molecule has 2 aromatic rings. The van der Waals surface area contributed by atoms with Gasteiger partial charge in [-0.25, -0.2) is 10.6 Å². The Bertz CT molecular complexity index is 573. The molecule has 1 heterocycles. The van der Waals surface area contributed by atoms with Crippen LogP contribution in [0.25, 0.3) is 0 Å². The summed E-state index contributed by atoms with van der Waals surface area (Å²) in [6.07, 6.45) is -0.695. The molecule has 0 bridgehead atoms. The molecule has 3 N–H and O–H groups in total. The van der Waals surface area contributed by atoms with Crippen LogP contribution in [0.5, 0.6) is 0 Å². The van der Waals surface area contributed by atoms with Gasteiger partial charge in [-0.2, -0.15) is 0 Å². The van der Waals surface area contributed by atoms with E-state index in [2.05, 4.69) is 29.2 Å². The minimum atomic E-state index is -0.583. The zero-order valence-corrected chi connectivity index (χ0v) is 12.2. The molecule has 0 spiro atoms. The summed E-state index contributed by atoms with van der Waals surface area (Å²) >= 11 is 0. The molecule has 22 heavy (non-hydrogen) atoms. The number of nitrogens with one attached hydrogen (secondary N) is 1. The topological polar surface area (TPSA) is 67.6 Å². The summed E-state index contributed by atoms with van der Waals surface area (Å²) < 4.78 is 5.17. The Morgan fingerprint density at radius 1 is 1.05 bits per heavy atom. The average molecular weight is 297 g/mol. The van der Waals surface area contributed by atoms with Crippen molar-refractivity contribution in [1.82, 2.24) is 10.3 Å². The van der Waals surface area contributed by atoms with E-state index in [4.69, 9.17) is 10.6 Å². The molecule has 5 nitrogen and oxygen atoms in total. The first-order valence-corrected chi connectivity index (χ1v) is 7.29. The zero-order chi connectivity index (χ0) is 15.4. The van der Waals surface area contributed by atoms with Gasteiger partial charge in [0.25, 0.3) is 0 Å². The van der Waals surface area contributed by atoms with Crippen LogP contribution >= 0.6 is 0 Å². The van der Waals surface area contributed by atoms with E-state index < -0.39 is 6.09 Å². The van der Waals surface area contributed by atoms with Crippen LogP contribution in [-0.2, 0) is 4.74 Å². The minimum Gasteiger partial charge on any atom is -0.443 e. The van der Waals surface area contributed by atoms with E-state index in [9.17, 15) is 4.79 Å². The first-order chi connectivity index (χ1) is 10.8. The second-order valence-corrected chi connectivity index (χ2v) is 5.35. The summed E-state index contributed by atoms with van der Waals surface area (Å²) in [7, 11) is 0. The first kappa shape index (κ1) is 14.6. The molecule has 0 aliphatic carbocycles. The fourth-order valence-electron chi connectivity index (χ4n) is 2.83. The Kier molecular flexibility index (Phi) is 4.37. The lowest BCUT2D eigenvalue weighted by molar-refractivity contribution is -0.0279. The lowest BCUT2D eigenvalue weighted by Crippen LogP contribution is -2.55. The number of nitrogens with zero attached hydrogens (tertiary/aromatic N) is 1. The van der Waals surface area contributed by atoms with E-state index in [0.717, 1.165) is 0 Å². The van der Waals surface area contributed by atoms with Crippen LogP contribution in [0.1, 0.15) is 17.2 Å². The molecule has 0 atom stereocenters. The molecule has 1 fully saturated rings. The second kappa shape index (κ2) is 6.60. The third-order valence-corrected chi connectivity index (χ3v) is 3.86. The molecule has 0 unspecified atom stereocenters. The van der Waals surface area contributed by atoms with Gasteiger partial charge < -0.3 is 4.74 Å². The quantitative estimate of drug-likeness (QED) is 0.515. The van der Waals surface area contributed by atoms with Crippen molar-refractivity contribution in [2.75, 3.05) is 13.1 Å². The van der Waals surface area contributed by atoms with Gasteiger partial charge in [0.1, 0.15) is 6.10 Å². The number of likely N-dealkylation sites (tertiary alicyclic amines) is 1. The molecule has 3 rings (SSSR count). The SMILES string of the molecule is NNC(=O)OC1CN(C(c2ccccc2)c2ccccc2)C1. The Hall–Kier alpha value is -2.37. The van der Waals surface area contributed by atoms with Crippen molar-refractivity contribution >= 4 is 6.09 Å². The number of hydrazine groups is 1. The highest BCUT2D eigenvalue weighted by Gasteiger charge is 2.36. The summed E-state index contributed by atoms with van der Waals surface area (Å²) in [5.41, 5.74) is 4.46. The third-order valence-electron chi connectivity index (χ3n) is 3.86. The van der Waals surface area contributed by atoms with Crippen molar-refractivity contribution in [1.29, 1.82) is 0 Å². The maximum Gasteiger partial charge on any atom is 0.421 e. The Morgan fingerprint density at radius 3 is 2.00 bits per heavy atom. The summed E-state index contributed by atoms with van der Waals surface area (Å²) in [4.78, 5) is 13.4. The van der Waals surface area contributed by atoms with Gasteiger partial charge in [-0.3, -0.25) is 10.3 Å². The monoisotopic (exact) mass is 297 g/mol. The fraction of sp³-hybridized carbons (Fsp3) is 0.235. The van der Waals surface area contributed by atoms with Crippen molar-refractivity contribution in [2.45, 2.75) is 12.1 Å². The van der Waals surface area contributed by atoms with Crippen LogP contribution in [0.15, 0.2) is 60.7 Å². The van der Waals surface area contributed by atoms with Gasteiger partial charge >= 0.3 is 6.09 Å². The van der Waals surface area contributed by atoms with Crippen LogP contribution in [-0.4, -0.2) is 30.2 Å². The Balaban J connectivity index is 1.76. The lowest BCUT2D eigenvalue weighted by Gasteiger charge is -2.43. The summed E-state index contributed by atoms with van der Waals surface area (Å²) in [5, 5.41) is 0. The zero-order valence-electron chi connectivity index (χ0n) is 12.2. The smallest absolute Gasteiger partial charge is 0.421 e. The molecule has 1 amide bonds. The minimum absolute atomic E-state index is 0.113. The maximum absolute atomic E-state index is 11.2. The van der Waals surface area contributed by atoms with Gasteiger partial charge in [0.2, 0.25) is 0 Å². The molecule has 5 heteroatoms. The van der Waals surface area contributed by atoms with Gasteiger partial charge in [-0.05, 0) is 11.1 Å². The first-order valence-electron chi connectivity index (χ1n) is 7.29. The lowest BCUT2D eigenvalue weighted by atomic mass is 9.94. The van der Waals surface area contributed by atoms with Gasteiger partial charge in [0.05, 0.1) is 6.04 Å². The highest BCUT2D eigenvalue weighted by Crippen LogP contribution is 2.32. The van der Waals surface area contributed by atoms with Gasteiger partial charge in [-0.1, -0.05) is 60.7 Å². The molecule has 2 aromatic carbocycles. The van der Waals surface area contributed by atoms with Crippen LogP contribution in [0, 0.1) is 0 Å². The number of benzene rings is 2. The number of rotatable bonds is 4. The molecule has 0 radical (unpaired) electrons. The Morgan fingerprint density at radius 2 is 1.55 bits per heavy atom. The molecule has 114 valence electrons. The number of carbonyl (C=O) groups excluding carboxylic acids is 1. The summed E-state index contributed by atoms with van der Waals surface area (Å²) in [6, 6.07) is 20.9. The number of hydrogen-bond acceptors (Lipinski definition) is 4. The standard InChI is InChI=1S/C17H19N3O2/c18-19-17(21)22-15-11-20(12-15)16(13-7-3-1-4-8-13)14-9-5-2-6-10-14/h1-10,15-16H,11-12,18H2,(H,19,21).